The van der Waals surface area contributed by atoms with Crippen LogP contribution in [0.15, 0.2) is 36.5 Å². The van der Waals surface area contributed by atoms with Gasteiger partial charge in [-0.15, -0.1) is 11.3 Å². The lowest BCUT2D eigenvalue weighted by Crippen LogP contribution is -2.25. The van der Waals surface area contributed by atoms with Gasteiger partial charge < -0.3 is 15.2 Å². The van der Waals surface area contributed by atoms with Gasteiger partial charge in [-0.05, 0) is 74.1 Å². The number of hydrogen-bond donors (Lipinski definition) is 2. The van der Waals surface area contributed by atoms with Gasteiger partial charge in [0.15, 0.2) is 0 Å². The van der Waals surface area contributed by atoms with E-state index >= 15 is 0 Å². The highest BCUT2D eigenvalue weighted by atomic mass is 32.1. The summed E-state index contributed by atoms with van der Waals surface area (Å²) in [4.78, 5) is 16.7. The van der Waals surface area contributed by atoms with Crippen LogP contribution in [-0.2, 0) is 11.2 Å². The molecule has 4 rings (SSSR count). The Balaban J connectivity index is 1.67. The number of aromatic nitrogens is 1. The Morgan fingerprint density at radius 2 is 2.19 bits per heavy atom. The van der Waals surface area contributed by atoms with E-state index in [1.807, 2.05) is 38.2 Å². The highest BCUT2D eigenvalue weighted by Crippen LogP contribution is 2.42. The number of carboxylic acids is 1. The minimum absolute atomic E-state index is 0.00335. The molecule has 0 amide bonds. The highest BCUT2D eigenvalue weighted by Gasteiger charge is 2.27. The summed E-state index contributed by atoms with van der Waals surface area (Å²) in [6.07, 6.45) is 3.67. The molecular formula is C25H25N3O3S. The van der Waals surface area contributed by atoms with E-state index in [1.54, 1.807) is 11.3 Å². The van der Waals surface area contributed by atoms with Crippen molar-refractivity contribution in [3.63, 3.8) is 0 Å². The van der Waals surface area contributed by atoms with Crippen molar-refractivity contribution in [2.24, 2.45) is 0 Å². The molecule has 1 unspecified atom stereocenters. The van der Waals surface area contributed by atoms with Crippen LogP contribution in [0.1, 0.15) is 48.6 Å². The monoisotopic (exact) mass is 447 g/mol. The molecule has 1 aliphatic rings. The van der Waals surface area contributed by atoms with E-state index in [1.165, 1.54) is 22.3 Å². The fourth-order valence-electron chi connectivity index (χ4n) is 4.22. The van der Waals surface area contributed by atoms with E-state index in [2.05, 4.69) is 35.4 Å². The number of nitrogens with zero attached hydrogens (tertiary/aromatic N) is 2. The summed E-state index contributed by atoms with van der Waals surface area (Å²) in [5.74, 6) is -0.265. The molecule has 3 aromatic rings. The van der Waals surface area contributed by atoms with Gasteiger partial charge in [0.2, 0.25) is 0 Å². The van der Waals surface area contributed by atoms with Crippen molar-refractivity contribution in [1.29, 1.82) is 5.26 Å². The number of rotatable bonds is 7. The molecule has 1 aromatic heterocycles. The van der Waals surface area contributed by atoms with Crippen molar-refractivity contribution >= 4 is 17.3 Å². The van der Waals surface area contributed by atoms with Crippen LogP contribution in [0.25, 0.3) is 21.0 Å². The van der Waals surface area contributed by atoms with Gasteiger partial charge in [-0.25, -0.2) is 4.98 Å². The maximum absolute atomic E-state index is 11.0. The molecule has 0 spiro atoms. The van der Waals surface area contributed by atoms with E-state index in [9.17, 15) is 10.1 Å². The number of nitrogens with one attached hydrogen (secondary N) is 1. The van der Waals surface area contributed by atoms with Crippen LogP contribution in [0.3, 0.4) is 0 Å². The molecule has 0 saturated carbocycles. The minimum atomic E-state index is -0.848. The van der Waals surface area contributed by atoms with Crippen molar-refractivity contribution < 1.29 is 14.6 Å². The first-order chi connectivity index (χ1) is 15.4. The van der Waals surface area contributed by atoms with E-state index in [0.29, 0.717) is 11.3 Å². The second-order valence-electron chi connectivity index (χ2n) is 8.21. The molecule has 7 heteroatoms. The van der Waals surface area contributed by atoms with Gasteiger partial charge in [0.05, 0.1) is 23.1 Å². The molecule has 1 heterocycles. The number of ether oxygens (including phenoxy) is 1. The molecule has 6 nitrogen and oxygen atoms in total. The van der Waals surface area contributed by atoms with Crippen LogP contribution in [0.2, 0.25) is 0 Å². The van der Waals surface area contributed by atoms with Crippen molar-refractivity contribution in [3.8, 4) is 32.8 Å². The Morgan fingerprint density at radius 3 is 2.91 bits per heavy atom. The van der Waals surface area contributed by atoms with Crippen molar-refractivity contribution in [2.45, 2.75) is 45.8 Å². The maximum atomic E-state index is 11.0. The van der Waals surface area contributed by atoms with Crippen LogP contribution in [0.5, 0.6) is 5.75 Å². The van der Waals surface area contributed by atoms with Gasteiger partial charge >= 0.3 is 5.97 Å². The average molecular weight is 448 g/mol. The third-order valence-electron chi connectivity index (χ3n) is 5.58. The lowest BCUT2D eigenvalue weighted by molar-refractivity contribution is -0.136. The summed E-state index contributed by atoms with van der Waals surface area (Å²) in [6, 6.07) is 12.1. The number of nitriles is 1. The number of aryl methyl sites for hydroxylation is 1. The van der Waals surface area contributed by atoms with Crippen molar-refractivity contribution in [3.05, 3.63) is 58.8 Å². The van der Waals surface area contributed by atoms with Crippen molar-refractivity contribution in [2.75, 3.05) is 6.54 Å². The van der Waals surface area contributed by atoms with Gasteiger partial charge in [0.25, 0.3) is 0 Å². The maximum Gasteiger partial charge on any atom is 0.317 e. The summed E-state index contributed by atoms with van der Waals surface area (Å²) in [5, 5.41) is 22.5. The van der Waals surface area contributed by atoms with E-state index in [-0.39, 0.29) is 18.7 Å². The highest BCUT2D eigenvalue weighted by molar-refractivity contribution is 7.18. The smallest absolute Gasteiger partial charge is 0.317 e. The lowest BCUT2D eigenvalue weighted by atomic mass is 9.97. The Labute approximate surface area is 191 Å². The van der Waals surface area contributed by atoms with E-state index < -0.39 is 5.97 Å². The van der Waals surface area contributed by atoms with E-state index in [0.717, 1.165) is 28.3 Å². The molecule has 32 heavy (non-hydrogen) atoms. The largest absolute Gasteiger partial charge is 0.490 e. The summed E-state index contributed by atoms with van der Waals surface area (Å²) < 4.78 is 5.73. The van der Waals surface area contributed by atoms with Gasteiger partial charge in [-0.1, -0.05) is 12.1 Å². The minimum Gasteiger partial charge on any atom is -0.490 e. The van der Waals surface area contributed by atoms with Crippen LogP contribution >= 0.6 is 11.3 Å². The Hall–Kier alpha value is -3.21. The third kappa shape index (κ3) is 4.38. The quantitative estimate of drug-likeness (QED) is 0.523. The number of hydrogen-bond acceptors (Lipinski definition) is 6. The SMILES string of the molecule is Cc1ccc2c(c1-c1cnc(-c3ccc(OC(C)C)c(C#N)c3)s1)CCC2NCC(=O)O. The lowest BCUT2D eigenvalue weighted by Gasteiger charge is -2.15. The molecule has 2 aromatic carbocycles. The van der Waals surface area contributed by atoms with Crippen LogP contribution < -0.4 is 10.1 Å². The molecule has 0 bridgehead atoms. The fourth-order valence-corrected chi connectivity index (χ4v) is 5.27. The second kappa shape index (κ2) is 9.11. The third-order valence-corrected chi connectivity index (χ3v) is 6.64. The zero-order valence-corrected chi connectivity index (χ0v) is 19.1. The average Bonchev–Trinajstić information content (AvgIpc) is 3.39. The number of fused-ring (bicyclic) bond motifs is 1. The molecule has 0 aliphatic heterocycles. The normalized spacial score (nSPS) is 14.9. The van der Waals surface area contributed by atoms with Crippen LogP contribution in [0.4, 0.5) is 0 Å². The van der Waals surface area contributed by atoms with Crippen molar-refractivity contribution in [1.82, 2.24) is 10.3 Å². The van der Waals surface area contributed by atoms with Crippen LogP contribution in [0, 0.1) is 18.3 Å². The summed E-state index contributed by atoms with van der Waals surface area (Å²) in [7, 11) is 0. The van der Waals surface area contributed by atoms with Gasteiger partial charge in [0, 0.05) is 17.8 Å². The molecule has 2 N–H and O–H groups in total. The molecule has 1 aliphatic carbocycles. The molecule has 1 atom stereocenters. The Bertz CT molecular complexity index is 1210. The van der Waals surface area contributed by atoms with Gasteiger partial charge in [-0.3, -0.25) is 4.79 Å². The molecule has 0 fully saturated rings. The summed E-state index contributed by atoms with van der Waals surface area (Å²) >= 11 is 1.60. The molecule has 0 saturated heterocycles. The number of benzene rings is 2. The Morgan fingerprint density at radius 1 is 1.38 bits per heavy atom. The number of aliphatic carboxylic acids is 1. The Kier molecular flexibility index (Phi) is 6.26. The zero-order valence-electron chi connectivity index (χ0n) is 18.3. The number of carbonyl (C=O) groups is 1. The zero-order chi connectivity index (χ0) is 22.8. The predicted molar refractivity (Wildman–Crippen MR) is 125 cm³/mol. The fraction of sp³-hybridized carbons (Fsp3) is 0.320. The first-order valence-electron chi connectivity index (χ1n) is 10.6. The second-order valence-corrected chi connectivity index (χ2v) is 9.24. The number of thiazole rings is 1. The standard InChI is InChI=1S/C25H25N3O3S/c1-14(2)31-21-9-5-16(10-17(21)11-26)25-28-12-22(32-25)24-15(3)4-6-18-19(24)7-8-20(18)27-13-23(29)30/h4-6,9-10,12,14,20,27H,7-8,13H2,1-3H3,(H,29,30). The molecule has 0 radical (unpaired) electrons. The van der Waals surface area contributed by atoms with Gasteiger partial charge in [0.1, 0.15) is 16.8 Å². The topological polar surface area (TPSA) is 95.2 Å². The summed E-state index contributed by atoms with van der Waals surface area (Å²) in [6.45, 7) is 5.92. The van der Waals surface area contributed by atoms with E-state index in [4.69, 9.17) is 9.84 Å². The molecular weight excluding hydrogens is 422 g/mol. The molecule has 164 valence electrons. The number of carboxylic acid groups (broad SMARTS) is 1. The van der Waals surface area contributed by atoms with Crippen LogP contribution in [-0.4, -0.2) is 28.7 Å². The first-order valence-corrected chi connectivity index (χ1v) is 11.4. The van der Waals surface area contributed by atoms with Gasteiger partial charge in [-0.2, -0.15) is 5.26 Å². The first kappa shape index (κ1) is 22.0. The predicted octanol–water partition coefficient (Wildman–Crippen LogP) is 5.11. The summed E-state index contributed by atoms with van der Waals surface area (Å²) in [5.41, 5.74) is 6.19.